The van der Waals surface area contributed by atoms with Gasteiger partial charge in [-0.2, -0.15) is 5.26 Å². The second-order valence-corrected chi connectivity index (χ2v) is 6.35. The van der Waals surface area contributed by atoms with E-state index in [0.29, 0.717) is 24.5 Å². The van der Waals surface area contributed by atoms with E-state index >= 15 is 0 Å². The highest BCUT2D eigenvalue weighted by Crippen LogP contribution is 2.19. The number of H-pyrrole nitrogens is 1. The van der Waals surface area contributed by atoms with Crippen molar-refractivity contribution in [3.05, 3.63) is 81.5 Å². The van der Waals surface area contributed by atoms with Gasteiger partial charge in [0.1, 0.15) is 5.82 Å². The second kappa shape index (κ2) is 6.90. The molecule has 2 aromatic heterocycles. The van der Waals surface area contributed by atoms with Crippen LogP contribution in [0.4, 0.5) is 0 Å². The van der Waals surface area contributed by atoms with E-state index in [9.17, 15) is 4.79 Å². The van der Waals surface area contributed by atoms with Gasteiger partial charge in [0.25, 0.3) is 5.56 Å². The third-order valence-electron chi connectivity index (χ3n) is 4.56. The Morgan fingerprint density at radius 1 is 1.23 bits per heavy atom. The summed E-state index contributed by atoms with van der Waals surface area (Å²) < 4.78 is 0. The number of hydrogen-bond acceptors (Lipinski definition) is 5. The van der Waals surface area contributed by atoms with Crippen LogP contribution < -0.4 is 5.56 Å². The number of fused-ring (bicyclic) bond motifs is 1. The van der Waals surface area contributed by atoms with E-state index in [4.69, 9.17) is 5.26 Å². The minimum atomic E-state index is -0.0858. The van der Waals surface area contributed by atoms with Crippen LogP contribution >= 0.6 is 0 Å². The summed E-state index contributed by atoms with van der Waals surface area (Å²) in [6.45, 7) is 2.10. The highest BCUT2D eigenvalue weighted by Gasteiger charge is 2.21. The zero-order valence-electron chi connectivity index (χ0n) is 14.1. The maximum absolute atomic E-state index is 12.6. The number of nitrogens with one attached hydrogen (secondary N) is 1. The van der Waals surface area contributed by atoms with Crippen molar-refractivity contribution >= 4 is 0 Å². The van der Waals surface area contributed by atoms with Crippen molar-refractivity contribution in [2.45, 2.75) is 19.5 Å². The molecule has 0 saturated heterocycles. The van der Waals surface area contributed by atoms with Crippen LogP contribution in [0, 0.1) is 11.3 Å². The Balaban J connectivity index is 1.57. The summed E-state index contributed by atoms with van der Waals surface area (Å²) in [5.74, 6) is 0.589. The summed E-state index contributed by atoms with van der Waals surface area (Å²) >= 11 is 0. The Morgan fingerprint density at radius 3 is 2.88 bits per heavy atom. The Hall–Kier alpha value is -3.30. The quantitative estimate of drug-likeness (QED) is 0.788. The van der Waals surface area contributed by atoms with Crippen molar-refractivity contribution in [2.75, 3.05) is 6.54 Å². The first-order chi connectivity index (χ1) is 12.7. The van der Waals surface area contributed by atoms with Crippen LogP contribution in [0.15, 0.2) is 53.6 Å². The van der Waals surface area contributed by atoms with E-state index in [0.717, 1.165) is 35.3 Å². The third kappa shape index (κ3) is 3.25. The normalized spacial score (nSPS) is 13.8. The molecule has 0 aliphatic carbocycles. The molecule has 1 aliphatic heterocycles. The van der Waals surface area contributed by atoms with Crippen LogP contribution in [-0.2, 0) is 19.5 Å². The average molecular weight is 343 g/mol. The molecule has 0 bridgehead atoms. The molecule has 26 heavy (non-hydrogen) atoms. The minimum Gasteiger partial charge on any atom is -0.306 e. The fourth-order valence-corrected chi connectivity index (χ4v) is 3.26. The van der Waals surface area contributed by atoms with E-state index in [-0.39, 0.29) is 5.56 Å². The molecular weight excluding hydrogens is 326 g/mol. The molecule has 3 heterocycles. The molecule has 0 fully saturated rings. The van der Waals surface area contributed by atoms with Crippen molar-refractivity contribution in [1.29, 1.82) is 5.26 Å². The Kier molecular flexibility index (Phi) is 4.30. The molecular formula is C20H17N5O. The van der Waals surface area contributed by atoms with Crippen molar-refractivity contribution in [2.24, 2.45) is 0 Å². The third-order valence-corrected chi connectivity index (χ3v) is 4.56. The second-order valence-electron chi connectivity index (χ2n) is 6.35. The number of aromatic nitrogens is 3. The molecule has 0 unspecified atom stereocenters. The monoisotopic (exact) mass is 343 g/mol. The van der Waals surface area contributed by atoms with Crippen LogP contribution in [0.3, 0.4) is 0 Å². The highest BCUT2D eigenvalue weighted by molar-refractivity contribution is 5.54. The number of aromatic amines is 1. The molecule has 128 valence electrons. The lowest BCUT2D eigenvalue weighted by Crippen LogP contribution is -2.35. The fraction of sp³-hybridized carbons (Fsp3) is 0.200. The minimum absolute atomic E-state index is 0.0858. The summed E-state index contributed by atoms with van der Waals surface area (Å²) in [4.78, 5) is 26.3. The van der Waals surface area contributed by atoms with Crippen LogP contribution in [0.1, 0.15) is 22.4 Å². The molecule has 1 aromatic carbocycles. The van der Waals surface area contributed by atoms with Gasteiger partial charge in [0.2, 0.25) is 0 Å². The summed E-state index contributed by atoms with van der Waals surface area (Å²) in [6, 6.07) is 13.4. The van der Waals surface area contributed by atoms with Gasteiger partial charge in [-0.3, -0.25) is 14.7 Å². The molecule has 1 aliphatic rings. The first-order valence-electron chi connectivity index (χ1n) is 8.47. The van der Waals surface area contributed by atoms with Crippen LogP contribution in [0.5, 0.6) is 0 Å². The van der Waals surface area contributed by atoms with E-state index in [1.807, 2.05) is 30.3 Å². The Bertz CT molecular complexity index is 1040. The SMILES string of the molecule is N#Cc1cccc(CN2CCc3nc(-c4ccncc4)[nH]c(=O)c3C2)c1. The molecule has 0 atom stereocenters. The zero-order valence-corrected chi connectivity index (χ0v) is 14.1. The highest BCUT2D eigenvalue weighted by atomic mass is 16.1. The molecule has 6 nitrogen and oxygen atoms in total. The Morgan fingerprint density at radius 2 is 2.08 bits per heavy atom. The maximum atomic E-state index is 12.6. The number of hydrogen-bond donors (Lipinski definition) is 1. The van der Waals surface area contributed by atoms with E-state index in [1.54, 1.807) is 18.5 Å². The van der Waals surface area contributed by atoms with Crippen molar-refractivity contribution in [3.63, 3.8) is 0 Å². The van der Waals surface area contributed by atoms with E-state index in [2.05, 4.69) is 25.9 Å². The molecule has 0 amide bonds. The lowest BCUT2D eigenvalue weighted by molar-refractivity contribution is 0.242. The van der Waals surface area contributed by atoms with E-state index < -0.39 is 0 Å². The van der Waals surface area contributed by atoms with Crippen LogP contribution in [0.2, 0.25) is 0 Å². The van der Waals surface area contributed by atoms with Crippen LogP contribution in [-0.4, -0.2) is 26.4 Å². The van der Waals surface area contributed by atoms with Gasteiger partial charge < -0.3 is 4.98 Å². The first-order valence-corrected chi connectivity index (χ1v) is 8.47. The smallest absolute Gasteiger partial charge is 0.255 e. The molecule has 6 heteroatoms. The van der Waals surface area contributed by atoms with Crippen molar-refractivity contribution < 1.29 is 0 Å². The van der Waals surface area contributed by atoms with Gasteiger partial charge in [-0.1, -0.05) is 12.1 Å². The van der Waals surface area contributed by atoms with Gasteiger partial charge in [-0.15, -0.1) is 0 Å². The molecule has 0 saturated carbocycles. The number of benzene rings is 1. The van der Waals surface area contributed by atoms with E-state index in [1.165, 1.54) is 0 Å². The number of nitriles is 1. The van der Waals surface area contributed by atoms with Crippen molar-refractivity contribution in [3.8, 4) is 17.5 Å². The number of nitrogens with zero attached hydrogens (tertiary/aromatic N) is 4. The van der Waals surface area contributed by atoms with Crippen molar-refractivity contribution in [1.82, 2.24) is 19.9 Å². The van der Waals surface area contributed by atoms with Gasteiger partial charge in [-0.25, -0.2) is 4.98 Å². The summed E-state index contributed by atoms with van der Waals surface area (Å²) in [7, 11) is 0. The topological polar surface area (TPSA) is 85.7 Å². The predicted octanol–water partition coefficient (Wildman–Crippen LogP) is 2.26. The summed E-state index contributed by atoms with van der Waals surface area (Å²) in [5, 5.41) is 9.03. The maximum Gasteiger partial charge on any atom is 0.255 e. The van der Waals surface area contributed by atoms with Gasteiger partial charge in [0.05, 0.1) is 22.9 Å². The number of rotatable bonds is 3. The molecule has 0 radical (unpaired) electrons. The summed E-state index contributed by atoms with van der Waals surface area (Å²) in [6.07, 6.45) is 4.10. The lowest BCUT2D eigenvalue weighted by atomic mass is 10.0. The molecule has 4 rings (SSSR count). The molecule has 3 aromatic rings. The first kappa shape index (κ1) is 16.2. The van der Waals surface area contributed by atoms with Gasteiger partial charge in [-0.05, 0) is 29.8 Å². The average Bonchev–Trinajstić information content (AvgIpc) is 2.69. The van der Waals surface area contributed by atoms with Gasteiger partial charge in [0.15, 0.2) is 0 Å². The standard InChI is InChI=1S/C20H17N5O/c21-11-14-2-1-3-15(10-14)12-25-9-6-18-17(13-25)20(26)24-19(23-18)16-4-7-22-8-5-16/h1-5,7-8,10H,6,9,12-13H2,(H,23,24,26). The predicted molar refractivity (Wildman–Crippen MR) is 97.1 cm³/mol. The number of pyridine rings is 1. The molecule has 1 N–H and O–H groups in total. The Labute approximate surface area is 150 Å². The molecule has 0 spiro atoms. The fourth-order valence-electron chi connectivity index (χ4n) is 3.26. The van der Waals surface area contributed by atoms with Gasteiger partial charge >= 0.3 is 0 Å². The lowest BCUT2D eigenvalue weighted by Gasteiger charge is -2.27. The summed E-state index contributed by atoms with van der Waals surface area (Å²) in [5.41, 5.74) is 4.09. The largest absolute Gasteiger partial charge is 0.306 e. The van der Waals surface area contributed by atoms with Gasteiger partial charge in [0, 0.05) is 44.0 Å². The van der Waals surface area contributed by atoms with Crippen LogP contribution in [0.25, 0.3) is 11.4 Å². The zero-order chi connectivity index (χ0) is 17.9.